The Labute approximate surface area is 74.4 Å². The number of benzene rings is 1. The zero-order chi connectivity index (χ0) is 9.42. The van der Waals surface area contributed by atoms with Gasteiger partial charge in [-0.15, -0.1) is 0 Å². The van der Waals surface area contributed by atoms with E-state index in [0.29, 0.717) is 30.4 Å². The van der Waals surface area contributed by atoms with Crippen molar-refractivity contribution in [2.45, 2.75) is 6.42 Å². The quantitative estimate of drug-likeness (QED) is 0.496. The third kappa shape index (κ3) is 1.02. The van der Waals surface area contributed by atoms with Gasteiger partial charge in [-0.05, 0) is 6.07 Å². The van der Waals surface area contributed by atoms with Gasteiger partial charge in [-0.25, -0.2) is 0 Å². The topological polar surface area (TPSA) is 66.8 Å². The maximum Gasteiger partial charge on any atom is 0.200 e. The van der Waals surface area contributed by atoms with Crippen LogP contribution in [0.2, 0.25) is 0 Å². The second-order valence-electron chi connectivity index (χ2n) is 2.86. The van der Waals surface area contributed by atoms with Crippen molar-refractivity contribution >= 4 is 6.29 Å². The van der Waals surface area contributed by atoms with Crippen LogP contribution in [0.5, 0.6) is 17.2 Å². The van der Waals surface area contributed by atoms with Crippen molar-refractivity contribution in [2.75, 3.05) is 6.61 Å². The molecule has 1 aromatic rings. The van der Waals surface area contributed by atoms with E-state index in [9.17, 15) is 15.0 Å². The molecule has 0 saturated carbocycles. The summed E-state index contributed by atoms with van der Waals surface area (Å²) in [7, 11) is 0. The molecule has 0 radical (unpaired) electrons. The molecule has 0 unspecified atom stereocenters. The first kappa shape index (κ1) is 7.91. The average molecular weight is 180 g/mol. The molecule has 4 nitrogen and oxygen atoms in total. The van der Waals surface area contributed by atoms with Gasteiger partial charge in [0.2, 0.25) is 5.75 Å². The Morgan fingerprint density at radius 3 is 2.92 bits per heavy atom. The first-order valence-electron chi connectivity index (χ1n) is 3.90. The van der Waals surface area contributed by atoms with Gasteiger partial charge in [-0.2, -0.15) is 0 Å². The number of carbonyl (C=O) groups excluding carboxylic acids is 1. The second kappa shape index (κ2) is 2.65. The Morgan fingerprint density at radius 1 is 1.46 bits per heavy atom. The van der Waals surface area contributed by atoms with Crippen LogP contribution in [0.25, 0.3) is 0 Å². The summed E-state index contributed by atoms with van der Waals surface area (Å²) < 4.78 is 5.08. The largest absolute Gasteiger partial charge is 0.504 e. The molecule has 0 saturated heterocycles. The fourth-order valence-electron chi connectivity index (χ4n) is 1.47. The summed E-state index contributed by atoms with van der Waals surface area (Å²) >= 11 is 0. The van der Waals surface area contributed by atoms with Crippen LogP contribution in [0.1, 0.15) is 15.9 Å². The first-order valence-corrected chi connectivity index (χ1v) is 3.90. The summed E-state index contributed by atoms with van der Waals surface area (Å²) in [6, 6.07) is 1.25. The Morgan fingerprint density at radius 2 is 2.23 bits per heavy atom. The summed E-state index contributed by atoms with van der Waals surface area (Å²) in [4.78, 5) is 10.6. The predicted octanol–water partition coefficient (Wildman–Crippen LogP) is 0.845. The fraction of sp³-hybridized carbons (Fsp3) is 0.222. The molecule has 4 heteroatoms. The van der Waals surface area contributed by atoms with Gasteiger partial charge in [0.25, 0.3) is 0 Å². The summed E-state index contributed by atoms with van der Waals surface area (Å²) in [6.07, 6.45) is 1.24. The maximum atomic E-state index is 10.6. The van der Waals surface area contributed by atoms with E-state index in [1.807, 2.05) is 0 Å². The van der Waals surface area contributed by atoms with E-state index >= 15 is 0 Å². The zero-order valence-corrected chi connectivity index (χ0v) is 6.78. The number of fused-ring (bicyclic) bond motifs is 1. The number of hydrogen-bond acceptors (Lipinski definition) is 4. The number of carbonyl (C=O) groups is 1. The van der Waals surface area contributed by atoms with E-state index in [1.54, 1.807) is 0 Å². The Kier molecular flexibility index (Phi) is 1.62. The Bertz CT molecular complexity index is 370. The van der Waals surface area contributed by atoms with E-state index in [1.165, 1.54) is 6.07 Å². The highest BCUT2D eigenvalue weighted by Gasteiger charge is 2.22. The Balaban J connectivity index is 2.70. The van der Waals surface area contributed by atoms with E-state index in [-0.39, 0.29) is 17.2 Å². The molecule has 68 valence electrons. The number of aromatic hydroxyl groups is 2. The average Bonchev–Trinajstić information content (AvgIpc) is 2.60. The van der Waals surface area contributed by atoms with E-state index < -0.39 is 0 Å². The van der Waals surface area contributed by atoms with Crippen LogP contribution in [0.4, 0.5) is 0 Å². The van der Waals surface area contributed by atoms with Crippen molar-refractivity contribution in [3.63, 3.8) is 0 Å². The lowest BCUT2D eigenvalue weighted by Crippen LogP contribution is -1.88. The lowest BCUT2D eigenvalue weighted by Gasteiger charge is -2.05. The first-order chi connectivity index (χ1) is 6.24. The molecule has 0 spiro atoms. The molecule has 0 aliphatic carbocycles. The lowest BCUT2D eigenvalue weighted by molar-refractivity contribution is 0.112. The highest BCUT2D eigenvalue weighted by molar-refractivity contribution is 5.82. The summed E-state index contributed by atoms with van der Waals surface area (Å²) in [5.74, 6) is -0.358. The van der Waals surface area contributed by atoms with Crippen molar-refractivity contribution in [3.05, 3.63) is 17.2 Å². The maximum absolute atomic E-state index is 10.6. The molecular weight excluding hydrogens is 172 g/mol. The highest BCUT2D eigenvalue weighted by Crippen LogP contribution is 2.42. The summed E-state index contributed by atoms with van der Waals surface area (Å²) in [6.45, 7) is 0.438. The van der Waals surface area contributed by atoms with Gasteiger partial charge in [0.1, 0.15) is 0 Å². The summed E-state index contributed by atoms with van der Waals surface area (Å²) in [5.41, 5.74) is 1.05. The molecule has 1 aliphatic heterocycles. The second-order valence-corrected chi connectivity index (χ2v) is 2.86. The molecule has 0 aromatic heterocycles. The minimum Gasteiger partial charge on any atom is -0.504 e. The standard InChI is InChI=1S/C9H8O4/c10-4-5-3-7(11)8(12)9-6(5)1-2-13-9/h3-4,11-12H,1-2H2. The molecule has 2 rings (SSSR count). The number of phenols is 2. The van der Waals surface area contributed by atoms with Crippen molar-refractivity contribution in [3.8, 4) is 17.2 Å². The van der Waals surface area contributed by atoms with Gasteiger partial charge >= 0.3 is 0 Å². The third-order valence-corrected chi connectivity index (χ3v) is 2.10. The smallest absolute Gasteiger partial charge is 0.200 e. The van der Waals surface area contributed by atoms with Gasteiger partial charge in [-0.1, -0.05) is 0 Å². The highest BCUT2D eigenvalue weighted by atomic mass is 16.5. The van der Waals surface area contributed by atoms with Crippen molar-refractivity contribution in [1.82, 2.24) is 0 Å². The van der Waals surface area contributed by atoms with Gasteiger partial charge in [-0.3, -0.25) is 4.79 Å². The predicted molar refractivity (Wildman–Crippen MR) is 44.4 cm³/mol. The monoisotopic (exact) mass is 180 g/mol. The molecular formula is C9H8O4. The minimum absolute atomic E-state index is 0.238. The van der Waals surface area contributed by atoms with E-state index in [4.69, 9.17) is 4.74 Å². The van der Waals surface area contributed by atoms with Crippen LogP contribution in [0.15, 0.2) is 6.07 Å². The van der Waals surface area contributed by atoms with Crippen molar-refractivity contribution in [1.29, 1.82) is 0 Å². The van der Waals surface area contributed by atoms with Gasteiger partial charge in [0.05, 0.1) is 6.61 Å². The normalized spacial score (nSPS) is 13.5. The number of aldehydes is 1. The summed E-state index contributed by atoms with van der Waals surface area (Å²) in [5, 5.41) is 18.6. The van der Waals surface area contributed by atoms with Crippen LogP contribution < -0.4 is 4.74 Å². The van der Waals surface area contributed by atoms with Crippen molar-refractivity contribution in [2.24, 2.45) is 0 Å². The number of phenolic OH excluding ortho intramolecular Hbond substituents is 2. The number of ether oxygens (including phenoxy) is 1. The molecule has 1 aliphatic rings. The molecule has 0 fully saturated rings. The van der Waals surface area contributed by atoms with E-state index in [2.05, 4.69) is 0 Å². The fourth-order valence-corrected chi connectivity index (χ4v) is 1.47. The SMILES string of the molecule is O=Cc1cc(O)c(O)c2c1CCO2. The minimum atomic E-state index is -0.317. The molecule has 1 aromatic carbocycles. The molecule has 0 atom stereocenters. The third-order valence-electron chi connectivity index (χ3n) is 2.10. The van der Waals surface area contributed by atoms with Crippen LogP contribution in [0, 0.1) is 0 Å². The molecule has 0 amide bonds. The number of rotatable bonds is 1. The van der Waals surface area contributed by atoms with Gasteiger partial charge in [0.15, 0.2) is 17.8 Å². The number of hydrogen-bond donors (Lipinski definition) is 2. The molecule has 1 heterocycles. The molecule has 13 heavy (non-hydrogen) atoms. The molecule has 2 N–H and O–H groups in total. The zero-order valence-electron chi connectivity index (χ0n) is 6.78. The van der Waals surface area contributed by atoms with Crippen LogP contribution in [-0.2, 0) is 6.42 Å². The van der Waals surface area contributed by atoms with Crippen LogP contribution in [0.3, 0.4) is 0 Å². The van der Waals surface area contributed by atoms with Crippen LogP contribution >= 0.6 is 0 Å². The van der Waals surface area contributed by atoms with E-state index in [0.717, 1.165) is 0 Å². The van der Waals surface area contributed by atoms with Gasteiger partial charge < -0.3 is 14.9 Å². The van der Waals surface area contributed by atoms with Crippen molar-refractivity contribution < 1.29 is 19.7 Å². The van der Waals surface area contributed by atoms with Gasteiger partial charge in [0, 0.05) is 17.5 Å². The Hall–Kier alpha value is -1.71. The molecule has 0 bridgehead atoms. The van der Waals surface area contributed by atoms with Crippen LogP contribution in [-0.4, -0.2) is 23.1 Å². The lowest BCUT2D eigenvalue weighted by atomic mass is 10.1.